The molecule has 92 valence electrons. The molecule has 0 amide bonds. The average molecular weight is 234 g/mol. The van der Waals surface area contributed by atoms with Gasteiger partial charge in [-0.3, -0.25) is 0 Å². The number of carboxylic acids is 1. The summed E-state index contributed by atoms with van der Waals surface area (Å²) in [5.74, 6) is -1.30. The first-order valence-corrected chi connectivity index (χ1v) is 6.08. The van der Waals surface area contributed by atoms with Gasteiger partial charge in [-0.1, -0.05) is 42.7 Å². The highest BCUT2D eigenvalue weighted by Crippen LogP contribution is 2.40. The van der Waals surface area contributed by atoms with Crippen LogP contribution in [0.15, 0.2) is 24.3 Å². The van der Waals surface area contributed by atoms with Crippen molar-refractivity contribution in [3.63, 3.8) is 0 Å². The molecular formula is C14H18O3. The van der Waals surface area contributed by atoms with Gasteiger partial charge in [0.2, 0.25) is 0 Å². The molecule has 1 aromatic rings. The molecule has 1 aliphatic carbocycles. The number of carbonyl (C=O) groups is 1. The predicted molar refractivity (Wildman–Crippen MR) is 64.7 cm³/mol. The molecule has 17 heavy (non-hydrogen) atoms. The zero-order valence-corrected chi connectivity index (χ0v) is 10.0. The molecule has 2 N–H and O–H groups in total. The van der Waals surface area contributed by atoms with Gasteiger partial charge < -0.3 is 10.2 Å². The van der Waals surface area contributed by atoms with Crippen LogP contribution in [-0.2, 0) is 10.4 Å². The Kier molecular flexibility index (Phi) is 3.20. The van der Waals surface area contributed by atoms with E-state index < -0.39 is 11.6 Å². The van der Waals surface area contributed by atoms with E-state index in [1.807, 2.05) is 19.1 Å². The van der Waals surface area contributed by atoms with E-state index in [0.717, 1.165) is 31.2 Å². The van der Waals surface area contributed by atoms with Crippen LogP contribution in [0.25, 0.3) is 0 Å². The number of benzene rings is 1. The van der Waals surface area contributed by atoms with Crippen molar-refractivity contribution in [1.82, 2.24) is 0 Å². The van der Waals surface area contributed by atoms with Gasteiger partial charge in [-0.15, -0.1) is 0 Å². The normalized spacial score (nSPS) is 20.1. The lowest BCUT2D eigenvalue weighted by Crippen LogP contribution is -2.42. The Labute approximate surface area is 101 Å². The number of aryl methyl sites for hydroxylation is 1. The largest absolute Gasteiger partial charge is 0.479 e. The predicted octanol–water partition coefficient (Wildman–Crippen LogP) is 2.46. The molecule has 0 saturated heterocycles. The van der Waals surface area contributed by atoms with Crippen molar-refractivity contribution < 1.29 is 15.0 Å². The summed E-state index contributed by atoms with van der Waals surface area (Å²) in [6, 6.07) is 7.14. The molecule has 1 fully saturated rings. The van der Waals surface area contributed by atoms with Crippen LogP contribution in [0.4, 0.5) is 0 Å². The van der Waals surface area contributed by atoms with E-state index in [-0.39, 0.29) is 5.92 Å². The molecule has 2 rings (SSSR count). The highest BCUT2D eigenvalue weighted by atomic mass is 16.4. The molecule has 0 aliphatic heterocycles. The minimum absolute atomic E-state index is 0.164. The third-order valence-electron chi connectivity index (χ3n) is 3.76. The van der Waals surface area contributed by atoms with Crippen LogP contribution in [0.1, 0.15) is 36.8 Å². The number of hydrogen-bond acceptors (Lipinski definition) is 2. The zero-order valence-electron chi connectivity index (χ0n) is 10.0. The summed E-state index contributed by atoms with van der Waals surface area (Å²) in [7, 11) is 0. The van der Waals surface area contributed by atoms with Crippen LogP contribution in [0.5, 0.6) is 0 Å². The Morgan fingerprint density at radius 3 is 2.24 bits per heavy atom. The van der Waals surface area contributed by atoms with Crippen molar-refractivity contribution >= 4 is 5.97 Å². The van der Waals surface area contributed by atoms with Crippen LogP contribution >= 0.6 is 0 Å². The molecule has 0 radical (unpaired) electrons. The van der Waals surface area contributed by atoms with Gasteiger partial charge in [0.15, 0.2) is 5.60 Å². The molecule has 1 unspecified atom stereocenters. The SMILES string of the molecule is Cc1ccc(C(O)(C(=O)O)C2CCCC2)cc1. The molecule has 0 bridgehead atoms. The van der Waals surface area contributed by atoms with Gasteiger partial charge in [0.05, 0.1) is 0 Å². The van der Waals surface area contributed by atoms with Gasteiger partial charge in [0, 0.05) is 5.92 Å². The first-order valence-electron chi connectivity index (χ1n) is 6.08. The second-order valence-electron chi connectivity index (χ2n) is 4.92. The Bertz CT molecular complexity index is 404. The first-order chi connectivity index (χ1) is 8.05. The van der Waals surface area contributed by atoms with E-state index in [4.69, 9.17) is 0 Å². The van der Waals surface area contributed by atoms with E-state index in [1.165, 1.54) is 0 Å². The fraction of sp³-hybridized carbons (Fsp3) is 0.500. The fourth-order valence-electron chi connectivity index (χ4n) is 2.69. The third-order valence-corrected chi connectivity index (χ3v) is 3.76. The average Bonchev–Trinajstić information content (AvgIpc) is 2.82. The van der Waals surface area contributed by atoms with Crippen molar-refractivity contribution in [2.75, 3.05) is 0 Å². The Balaban J connectivity index is 2.39. The summed E-state index contributed by atoms with van der Waals surface area (Å²) in [6.07, 6.45) is 3.59. The third kappa shape index (κ3) is 2.07. The van der Waals surface area contributed by atoms with Gasteiger partial charge in [-0.2, -0.15) is 0 Å². The van der Waals surface area contributed by atoms with Crippen molar-refractivity contribution in [3.8, 4) is 0 Å². The maximum Gasteiger partial charge on any atom is 0.340 e. The van der Waals surface area contributed by atoms with Crippen molar-refractivity contribution in [2.45, 2.75) is 38.2 Å². The molecule has 0 aromatic heterocycles. The molecule has 0 heterocycles. The summed E-state index contributed by atoms with van der Waals surface area (Å²) in [5, 5.41) is 19.9. The molecule has 1 atom stereocenters. The maximum absolute atomic E-state index is 11.4. The summed E-state index contributed by atoms with van der Waals surface area (Å²) >= 11 is 0. The molecule has 0 spiro atoms. The van der Waals surface area contributed by atoms with Crippen LogP contribution < -0.4 is 0 Å². The van der Waals surface area contributed by atoms with Crippen LogP contribution in [0.2, 0.25) is 0 Å². The summed E-state index contributed by atoms with van der Waals surface area (Å²) in [6.45, 7) is 1.94. The second kappa shape index (κ2) is 4.49. The molecular weight excluding hydrogens is 216 g/mol. The quantitative estimate of drug-likeness (QED) is 0.844. The molecule has 3 nitrogen and oxygen atoms in total. The van der Waals surface area contributed by atoms with Gasteiger partial charge in [0.25, 0.3) is 0 Å². The van der Waals surface area contributed by atoms with E-state index in [0.29, 0.717) is 5.56 Å². The lowest BCUT2D eigenvalue weighted by Gasteiger charge is -2.30. The van der Waals surface area contributed by atoms with Gasteiger partial charge in [-0.25, -0.2) is 4.79 Å². The van der Waals surface area contributed by atoms with Gasteiger partial charge >= 0.3 is 5.97 Å². The van der Waals surface area contributed by atoms with Crippen molar-refractivity contribution in [2.24, 2.45) is 5.92 Å². The lowest BCUT2D eigenvalue weighted by atomic mass is 9.80. The van der Waals surface area contributed by atoms with Crippen molar-refractivity contribution in [3.05, 3.63) is 35.4 Å². The number of rotatable bonds is 3. The number of aliphatic carboxylic acids is 1. The topological polar surface area (TPSA) is 57.5 Å². The Morgan fingerprint density at radius 1 is 1.24 bits per heavy atom. The highest BCUT2D eigenvalue weighted by molar-refractivity contribution is 5.79. The Hall–Kier alpha value is -1.35. The lowest BCUT2D eigenvalue weighted by molar-refractivity contribution is -0.166. The van der Waals surface area contributed by atoms with Crippen LogP contribution in [0.3, 0.4) is 0 Å². The van der Waals surface area contributed by atoms with Crippen molar-refractivity contribution in [1.29, 1.82) is 0 Å². The standard InChI is InChI=1S/C14H18O3/c1-10-6-8-12(9-7-10)14(17,13(15)16)11-4-2-3-5-11/h6-9,11,17H,2-5H2,1H3,(H,15,16). The van der Waals surface area contributed by atoms with E-state index >= 15 is 0 Å². The summed E-state index contributed by atoms with van der Waals surface area (Å²) in [4.78, 5) is 11.4. The number of carboxylic acid groups (broad SMARTS) is 1. The van der Waals surface area contributed by atoms with Gasteiger partial charge in [0.1, 0.15) is 0 Å². The van der Waals surface area contributed by atoms with Crippen LogP contribution in [0, 0.1) is 12.8 Å². The van der Waals surface area contributed by atoms with E-state index in [1.54, 1.807) is 12.1 Å². The molecule has 3 heteroatoms. The second-order valence-corrected chi connectivity index (χ2v) is 4.92. The molecule has 1 saturated carbocycles. The summed E-state index contributed by atoms with van der Waals surface area (Å²) in [5.41, 5.74) is -0.153. The maximum atomic E-state index is 11.4. The fourth-order valence-corrected chi connectivity index (χ4v) is 2.69. The van der Waals surface area contributed by atoms with Crippen LogP contribution in [-0.4, -0.2) is 16.2 Å². The Morgan fingerprint density at radius 2 is 1.76 bits per heavy atom. The highest BCUT2D eigenvalue weighted by Gasteiger charge is 2.46. The number of aliphatic hydroxyl groups is 1. The monoisotopic (exact) mass is 234 g/mol. The minimum Gasteiger partial charge on any atom is -0.479 e. The smallest absolute Gasteiger partial charge is 0.340 e. The summed E-state index contributed by atoms with van der Waals surface area (Å²) < 4.78 is 0. The molecule has 1 aromatic carbocycles. The molecule has 1 aliphatic rings. The van der Waals surface area contributed by atoms with Gasteiger partial charge in [-0.05, 0) is 25.3 Å². The van der Waals surface area contributed by atoms with E-state index in [2.05, 4.69) is 0 Å². The van der Waals surface area contributed by atoms with E-state index in [9.17, 15) is 15.0 Å². The number of hydrogen-bond donors (Lipinski definition) is 2. The zero-order chi connectivity index (χ0) is 12.5. The first kappa shape index (κ1) is 12.1. The minimum atomic E-state index is -1.72.